The molecule has 3 nitrogen and oxygen atoms in total. The van der Waals surface area contributed by atoms with E-state index >= 15 is 0 Å². The minimum absolute atomic E-state index is 0.0532. The highest BCUT2D eigenvalue weighted by Crippen LogP contribution is 2.30. The molecule has 2 aromatic rings. The van der Waals surface area contributed by atoms with E-state index in [1.165, 1.54) is 12.1 Å². The topological polar surface area (TPSA) is 50.9 Å². The molecule has 0 saturated carbocycles. The first kappa shape index (κ1) is 13.8. The summed E-state index contributed by atoms with van der Waals surface area (Å²) in [5.74, 6) is 0.454. The summed E-state index contributed by atoms with van der Waals surface area (Å²) in [6.07, 6.45) is 1.61. The van der Waals surface area contributed by atoms with Crippen molar-refractivity contribution in [2.24, 2.45) is 0 Å². The van der Waals surface area contributed by atoms with Crippen molar-refractivity contribution in [2.75, 3.05) is 11.1 Å². The van der Waals surface area contributed by atoms with Gasteiger partial charge in [0.2, 0.25) is 0 Å². The van der Waals surface area contributed by atoms with Crippen LogP contribution in [0.5, 0.6) is 0 Å². The van der Waals surface area contributed by atoms with Gasteiger partial charge < -0.3 is 11.1 Å². The van der Waals surface area contributed by atoms with Gasteiger partial charge in [0.05, 0.1) is 22.4 Å². The summed E-state index contributed by atoms with van der Waals surface area (Å²) in [5.41, 5.74) is 8.21. The summed E-state index contributed by atoms with van der Waals surface area (Å²) in [4.78, 5) is 4.25. The van der Waals surface area contributed by atoms with Crippen LogP contribution in [0, 0.1) is 12.7 Å². The number of rotatable bonds is 3. The number of benzene rings is 1. The Morgan fingerprint density at radius 3 is 2.84 bits per heavy atom. The predicted molar refractivity (Wildman–Crippen MR) is 79.5 cm³/mol. The molecular formula is C14H15BrFN3. The lowest BCUT2D eigenvalue weighted by Gasteiger charge is -2.17. The molecule has 1 unspecified atom stereocenters. The molecule has 0 aliphatic carbocycles. The standard InChI is InChI=1S/C14H15BrFN3/c1-8-12(17)7-18-14(13(8)15)19-9(2)10-4-3-5-11(16)6-10/h3-7,9H,17H2,1-2H3,(H,18,19). The number of anilines is 2. The third-order valence-electron chi connectivity index (χ3n) is 3.00. The number of pyridine rings is 1. The number of nitrogens with zero attached hydrogens (tertiary/aromatic N) is 1. The maximum atomic E-state index is 13.2. The zero-order valence-corrected chi connectivity index (χ0v) is 12.3. The highest BCUT2D eigenvalue weighted by Gasteiger charge is 2.11. The van der Waals surface area contributed by atoms with Crippen LogP contribution in [0.2, 0.25) is 0 Å². The summed E-state index contributed by atoms with van der Waals surface area (Å²) >= 11 is 3.47. The van der Waals surface area contributed by atoms with Crippen LogP contribution >= 0.6 is 15.9 Å². The molecule has 100 valence electrons. The molecule has 5 heteroatoms. The van der Waals surface area contributed by atoms with E-state index in [2.05, 4.69) is 26.2 Å². The molecule has 0 amide bonds. The Bertz CT molecular complexity index is 601. The van der Waals surface area contributed by atoms with E-state index in [0.717, 1.165) is 15.6 Å². The van der Waals surface area contributed by atoms with E-state index < -0.39 is 0 Å². The highest BCUT2D eigenvalue weighted by molar-refractivity contribution is 9.10. The van der Waals surface area contributed by atoms with Crippen LogP contribution in [0.25, 0.3) is 0 Å². The molecule has 0 spiro atoms. The average molecular weight is 324 g/mol. The average Bonchev–Trinajstić information content (AvgIpc) is 2.39. The van der Waals surface area contributed by atoms with Crippen LogP contribution in [-0.2, 0) is 0 Å². The largest absolute Gasteiger partial charge is 0.397 e. The fourth-order valence-corrected chi connectivity index (χ4v) is 2.20. The van der Waals surface area contributed by atoms with Gasteiger partial charge >= 0.3 is 0 Å². The lowest BCUT2D eigenvalue weighted by molar-refractivity contribution is 0.623. The molecule has 3 N–H and O–H groups in total. The first-order valence-corrected chi connectivity index (χ1v) is 6.71. The van der Waals surface area contributed by atoms with Crippen molar-refractivity contribution in [1.82, 2.24) is 4.98 Å². The Kier molecular flexibility index (Phi) is 4.04. The third-order valence-corrected chi connectivity index (χ3v) is 3.98. The van der Waals surface area contributed by atoms with Crippen molar-refractivity contribution in [1.29, 1.82) is 0 Å². The lowest BCUT2D eigenvalue weighted by atomic mass is 10.1. The molecule has 0 bridgehead atoms. The van der Waals surface area contributed by atoms with Crippen LogP contribution in [0.1, 0.15) is 24.1 Å². The Morgan fingerprint density at radius 2 is 2.16 bits per heavy atom. The minimum atomic E-state index is -0.244. The fraction of sp³-hybridized carbons (Fsp3) is 0.214. The van der Waals surface area contributed by atoms with Gasteiger partial charge in [-0.05, 0) is 53.0 Å². The van der Waals surface area contributed by atoms with Crippen LogP contribution in [0.4, 0.5) is 15.9 Å². The molecule has 0 aliphatic heterocycles. The monoisotopic (exact) mass is 323 g/mol. The molecule has 1 aromatic heterocycles. The Morgan fingerprint density at radius 1 is 1.42 bits per heavy atom. The van der Waals surface area contributed by atoms with E-state index in [1.54, 1.807) is 12.3 Å². The molecule has 1 atom stereocenters. The number of nitrogens with two attached hydrogens (primary N) is 1. The van der Waals surface area contributed by atoms with Gasteiger partial charge in [0.15, 0.2) is 0 Å². The molecule has 0 saturated heterocycles. The molecule has 0 radical (unpaired) electrons. The zero-order chi connectivity index (χ0) is 14.0. The molecular weight excluding hydrogens is 309 g/mol. The molecule has 1 aromatic carbocycles. The van der Waals surface area contributed by atoms with Crippen molar-refractivity contribution in [3.8, 4) is 0 Å². The van der Waals surface area contributed by atoms with Crippen LogP contribution in [-0.4, -0.2) is 4.98 Å². The van der Waals surface area contributed by atoms with Crippen molar-refractivity contribution in [2.45, 2.75) is 19.9 Å². The van der Waals surface area contributed by atoms with Gasteiger partial charge in [-0.1, -0.05) is 12.1 Å². The number of aromatic nitrogens is 1. The normalized spacial score (nSPS) is 12.2. The number of nitrogen functional groups attached to an aromatic ring is 1. The SMILES string of the molecule is Cc1c(N)cnc(NC(C)c2cccc(F)c2)c1Br. The molecule has 0 fully saturated rings. The second-order valence-corrected chi connectivity index (χ2v) is 5.22. The van der Waals surface area contributed by atoms with Crippen molar-refractivity contribution < 1.29 is 4.39 Å². The summed E-state index contributed by atoms with van der Waals surface area (Å²) in [6.45, 7) is 3.87. The van der Waals surface area contributed by atoms with Crippen LogP contribution < -0.4 is 11.1 Å². The van der Waals surface area contributed by atoms with Crippen LogP contribution in [0.3, 0.4) is 0 Å². The first-order chi connectivity index (χ1) is 8.99. The van der Waals surface area contributed by atoms with Crippen molar-refractivity contribution in [3.63, 3.8) is 0 Å². The molecule has 1 heterocycles. The predicted octanol–water partition coefficient (Wildman–Crippen LogP) is 4.05. The number of nitrogens with one attached hydrogen (secondary N) is 1. The minimum Gasteiger partial charge on any atom is -0.397 e. The van der Waals surface area contributed by atoms with E-state index in [1.807, 2.05) is 19.9 Å². The second-order valence-electron chi connectivity index (χ2n) is 4.42. The van der Waals surface area contributed by atoms with E-state index in [4.69, 9.17) is 5.73 Å². The highest BCUT2D eigenvalue weighted by atomic mass is 79.9. The third kappa shape index (κ3) is 3.04. The van der Waals surface area contributed by atoms with E-state index in [-0.39, 0.29) is 11.9 Å². The summed E-state index contributed by atoms with van der Waals surface area (Å²) in [6, 6.07) is 6.45. The van der Waals surface area contributed by atoms with Crippen molar-refractivity contribution in [3.05, 3.63) is 51.9 Å². The zero-order valence-electron chi connectivity index (χ0n) is 10.7. The van der Waals surface area contributed by atoms with Gasteiger partial charge in [0.1, 0.15) is 11.6 Å². The number of halogens is 2. The van der Waals surface area contributed by atoms with E-state index in [0.29, 0.717) is 11.5 Å². The molecule has 19 heavy (non-hydrogen) atoms. The van der Waals surface area contributed by atoms with Gasteiger partial charge in [-0.25, -0.2) is 9.37 Å². The van der Waals surface area contributed by atoms with Crippen LogP contribution in [0.15, 0.2) is 34.9 Å². The number of hydrogen-bond acceptors (Lipinski definition) is 3. The van der Waals surface area contributed by atoms with E-state index in [9.17, 15) is 4.39 Å². The Labute approximate surface area is 120 Å². The Hall–Kier alpha value is -1.62. The molecule has 0 aliphatic rings. The van der Waals surface area contributed by atoms with Gasteiger partial charge in [-0.2, -0.15) is 0 Å². The maximum absolute atomic E-state index is 13.2. The number of hydrogen-bond donors (Lipinski definition) is 2. The summed E-state index contributed by atoms with van der Waals surface area (Å²) in [7, 11) is 0. The smallest absolute Gasteiger partial charge is 0.141 e. The molecule has 2 rings (SSSR count). The fourth-order valence-electron chi connectivity index (χ4n) is 1.76. The van der Waals surface area contributed by atoms with Gasteiger partial charge in [0, 0.05) is 0 Å². The second kappa shape index (κ2) is 5.57. The van der Waals surface area contributed by atoms with Gasteiger partial charge in [-0.3, -0.25) is 0 Å². The lowest BCUT2D eigenvalue weighted by Crippen LogP contribution is -2.09. The summed E-state index contributed by atoms with van der Waals surface area (Å²) in [5, 5.41) is 3.24. The quantitative estimate of drug-likeness (QED) is 0.896. The summed E-state index contributed by atoms with van der Waals surface area (Å²) < 4.78 is 14.0. The first-order valence-electron chi connectivity index (χ1n) is 5.91. The Balaban J connectivity index is 2.24. The van der Waals surface area contributed by atoms with Gasteiger partial charge in [0.25, 0.3) is 0 Å². The maximum Gasteiger partial charge on any atom is 0.141 e. The van der Waals surface area contributed by atoms with Crippen molar-refractivity contribution >= 4 is 27.4 Å². The van der Waals surface area contributed by atoms with Gasteiger partial charge in [-0.15, -0.1) is 0 Å².